The van der Waals surface area contributed by atoms with Gasteiger partial charge in [-0.25, -0.2) is 0 Å². The normalized spacial score (nSPS) is 29.6. The molecule has 3 saturated carbocycles. The van der Waals surface area contributed by atoms with Gasteiger partial charge in [-0.2, -0.15) is 13.2 Å². The number of nitrogens with zero attached hydrogens (tertiary/aromatic N) is 9. The van der Waals surface area contributed by atoms with Crippen molar-refractivity contribution < 1.29 is 70.7 Å². The molecule has 0 bridgehead atoms. The van der Waals surface area contributed by atoms with Crippen LogP contribution >= 0.6 is 11.6 Å². The highest BCUT2D eigenvalue weighted by Gasteiger charge is 2.52. The Morgan fingerprint density at radius 2 is 1.18 bits per heavy atom. The zero-order valence-electron chi connectivity index (χ0n) is 60.5. The van der Waals surface area contributed by atoms with Crippen LogP contribution < -0.4 is 16.0 Å². The summed E-state index contributed by atoms with van der Waals surface area (Å²) < 4.78 is 42.0. The summed E-state index contributed by atoms with van der Waals surface area (Å²) in [5, 5.41) is 7.56. The molecule has 3 saturated heterocycles. The van der Waals surface area contributed by atoms with Gasteiger partial charge < -0.3 is 60.0 Å². The lowest BCUT2D eigenvalue weighted by Crippen LogP contribution is -2.65. The molecule has 12 amide bonds. The Kier molecular flexibility index (Phi) is 29.5. The SMILES string of the molecule is CC[C@H](C)[C@@H]1NC(=O)[C@H](CC(C)C)N(C)C(=O)C[C@@H](C(=O)N2CCCC2)N(C)C(=O)[C@H]([C@@H](C)CC)N(C)C(=O)C2(CCCC2)NC(=O)[C@@H]2CCCN2C(=O)[C@H](CCC2CCC(C(F)(F)F)C(Cl)C2)NC(=O)CN(C)C(=O)[C@H](CC2CCCCC2)N(C)C(=O)CN(C)C(=O)CN(C)C1=O. The number of fused-ring (bicyclic) bond motifs is 1. The molecule has 3 aliphatic carbocycles. The molecule has 3 heterocycles. The fraction of sp³-hybridized carbons (Fsp3) is 0.829. The third-order valence-electron chi connectivity index (χ3n) is 22.3. The summed E-state index contributed by atoms with van der Waals surface area (Å²) in [5.74, 6) is -10.9. The average molecular weight is 1410 g/mol. The molecule has 1 spiro atoms. The molecule has 0 aromatic carbocycles. The van der Waals surface area contributed by atoms with Gasteiger partial charge in [-0.1, -0.05) is 99.3 Å². The first-order valence-electron chi connectivity index (χ1n) is 36.1. The molecule has 554 valence electrons. The van der Waals surface area contributed by atoms with Crippen LogP contribution in [-0.2, 0) is 57.5 Å². The summed E-state index contributed by atoms with van der Waals surface area (Å²) >= 11 is 6.39. The van der Waals surface area contributed by atoms with E-state index >= 15 is 19.2 Å². The number of amides is 12. The maximum absolute atomic E-state index is 15.5. The Labute approximate surface area is 583 Å². The zero-order chi connectivity index (χ0) is 72.8. The van der Waals surface area contributed by atoms with Crippen molar-refractivity contribution in [1.82, 2.24) is 60.0 Å². The second-order valence-electron chi connectivity index (χ2n) is 29.9. The van der Waals surface area contributed by atoms with Crippen molar-refractivity contribution in [3.05, 3.63) is 0 Å². The quantitative estimate of drug-likeness (QED) is 0.203. The first kappa shape index (κ1) is 80.7. The number of likely N-dealkylation sites (N-methyl/N-ethyl adjacent to an activating group) is 7. The fourth-order valence-corrected chi connectivity index (χ4v) is 16.0. The van der Waals surface area contributed by atoms with Gasteiger partial charge in [-0.15, -0.1) is 11.6 Å². The molecule has 24 nitrogen and oxygen atoms in total. The zero-order valence-corrected chi connectivity index (χ0v) is 61.3. The standard InChI is InChI=1S/C70H114ClF3N12O12/c1-14-44(5)59-66(96)80(9)41-57(89)78(7)42-58(90)82(11)53(38-46-24-17-16-18-25-46)64(94)79(8)40-55(87)75-50(30-28-47-27-29-48(49(71)37-47)70(72,73)74)63(93)86-35-23-26-51(86)62(92)77-69(31-19-20-32-69)68(98)84(13)60(45(6)15-2)67(97)83(12)54(65(95)85-33-21-22-34-85)39-56(88)81(10)52(36-43(3)4)61(91)76-59/h43-54,59-60H,14-42H2,1-13H3,(H,75,87)(H,76,91)(H,77,92)/t44-,45-,47?,48?,49?,50-,51-,52-,53-,54-,59-,60-/m0/s1. The molecule has 0 aromatic heterocycles. The molecular weight excluding hydrogens is 1290 g/mol. The number of halogens is 4. The summed E-state index contributed by atoms with van der Waals surface area (Å²) in [6.45, 7) is 10.1. The van der Waals surface area contributed by atoms with Crippen LogP contribution in [-0.4, -0.2) is 263 Å². The van der Waals surface area contributed by atoms with Gasteiger partial charge in [-0.05, 0) is 113 Å². The number of hydrogen-bond acceptors (Lipinski definition) is 12. The van der Waals surface area contributed by atoms with Gasteiger partial charge in [-0.3, -0.25) is 57.5 Å². The number of carbonyl (C=O) groups excluding carboxylic acids is 12. The number of rotatable bonds is 12. The number of likely N-dealkylation sites (tertiary alicyclic amines) is 1. The smallest absolute Gasteiger partial charge is 0.343 e. The summed E-state index contributed by atoms with van der Waals surface area (Å²) in [5.41, 5.74) is -1.56. The Hall–Kier alpha value is -6.28. The summed E-state index contributed by atoms with van der Waals surface area (Å²) in [6.07, 6.45) is 3.80. The van der Waals surface area contributed by atoms with E-state index in [1.807, 2.05) is 27.7 Å². The van der Waals surface area contributed by atoms with E-state index in [1.165, 1.54) is 73.8 Å². The number of alkyl halides is 4. The van der Waals surface area contributed by atoms with Crippen LogP contribution in [0, 0.1) is 35.5 Å². The predicted molar refractivity (Wildman–Crippen MR) is 363 cm³/mol. The first-order chi connectivity index (χ1) is 46.1. The molecule has 0 aromatic rings. The van der Waals surface area contributed by atoms with Crippen molar-refractivity contribution in [3.63, 3.8) is 0 Å². The van der Waals surface area contributed by atoms with Gasteiger partial charge >= 0.3 is 6.18 Å². The lowest BCUT2D eigenvalue weighted by atomic mass is 9.78. The molecule has 12 atom stereocenters. The van der Waals surface area contributed by atoms with E-state index in [2.05, 4.69) is 16.0 Å². The van der Waals surface area contributed by atoms with Gasteiger partial charge in [0.15, 0.2) is 0 Å². The molecule has 3 unspecified atom stereocenters. The van der Waals surface area contributed by atoms with Gasteiger partial charge in [0.1, 0.15) is 47.8 Å². The minimum absolute atomic E-state index is 0.000570. The van der Waals surface area contributed by atoms with Crippen LogP contribution in [0.4, 0.5) is 13.2 Å². The van der Waals surface area contributed by atoms with E-state index in [4.69, 9.17) is 11.6 Å². The summed E-state index contributed by atoms with van der Waals surface area (Å²) in [7, 11) is 9.95. The molecule has 3 aliphatic heterocycles. The predicted octanol–water partition coefficient (Wildman–Crippen LogP) is 5.56. The van der Waals surface area contributed by atoms with Gasteiger partial charge in [0.25, 0.3) is 0 Å². The van der Waals surface area contributed by atoms with Crippen LogP contribution in [0.2, 0.25) is 0 Å². The van der Waals surface area contributed by atoms with Crippen LogP contribution in [0.3, 0.4) is 0 Å². The largest absolute Gasteiger partial charge is 0.393 e. The Bertz CT molecular complexity index is 2840. The molecule has 6 aliphatic rings. The maximum atomic E-state index is 15.5. The number of hydrogen-bond donors (Lipinski definition) is 3. The fourth-order valence-electron chi connectivity index (χ4n) is 15.5. The minimum Gasteiger partial charge on any atom is -0.343 e. The van der Waals surface area contributed by atoms with Gasteiger partial charge in [0, 0.05) is 74.3 Å². The molecule has 28 heteroatoms. The van der Waals surface area contributed by atoms with Crippen molar-refractivity contribution in [2.45, 2.75) is 249 Å². The van der Waals surface area contributed by atoms with Crippen molar-refractivity contribution in [2.24, 2.45) is 35.5 Å². The van der Waals surface area contributed by atoms with Crippen molar-refractivity contribution >= 4 is 82.5 Å². The molecule has 0 radical (unpaired) electrons. The number of nitrogens with one attached hydrogen (secondary N) is 3. The van der Waals surface area contributed by atoms with E-state index in [1.54, 1.807) is 18.7 Å². The lowest BCUT2D eigenvalue weighted by molar-refractivity contribution is -0.182. The Balaban J connectivity index is 1.41. The van der Waals surface area contributed by atoms with E-state index in [0.717, 1.165) is 46.8 Å². The first-order valence-corrected chi connectivity index (χ1v) is 36.5. The highest BCUT2D eigenvalue weighted by atomic mass is 35.5. The third kappa shape index (κ3) is 20.3. The summed E-state index contributed by atoms with van der Waals surface area (Å²) in [6, 6.07) is -8.61. The molecule has 98 heavy (non-hydrogen) atoms. The maximum Gasteiger partial charge on any atom is 0.393 e. The van der Waals surface area contributed by atoms with Crippen molar-refractivity contribution in [1.29, 1.82) is 0 Å². The van der Waals surface area contributed by atoms with Crippen molar-refractivity contribution in [3.8, 4) is 0 Å². The second-order valence-corrected chi connectivity index (χ2v) is 30.4. The molecule has 6 fully saturated rings. The minimum atomic E-state index is -4.51. The van der Waals surface area contributed by atoms with Crippen molar-refractivity contribution in [2.75, 3.05) is 88.6 Å². The summed E-state index contributed by atoms with van der Waals surface area (Å²) in [4.78, 5) is 190. The van der Waals surface area contributed by atoms with Gasteiger partial charge in [0.2, 0.25) is 70.9 Å². The molecule has 6 rings (SSSR count). The lowest BCUT2D eigenvalue weighted by Gasteiger charge is -2.42. The van der Waals surface area contributed by atoms with E-state index < -0.39 is 174 Å². The van der Waals surface area contributed by atoms with Gasteiger partial charge in [0.05, 0.1) is 32.0 Å². The average Bonchev–Trinajstić information content (AvgIpc) is 1.37. The van der Waals surface area contributed by atoms with Crippen LogP contribution in [0.15, 0.2) is 0 Å². The second kappa shape index (κ2) is 35.9. The highest BCUT2D eigenvalue weighted by molar-refractivity contribution is 6.21. The highest BCUT2D eigenvalue weighted by Crippen LogP contribution is 2.44. The molecular formula is C70H114ClF3N12O12. The third-order valence-corrected chi connectivity index (χ3v) is 22.8. The Morgan fingerprint density at radius 1 is 0.582 bits per heavy atom. The monoisotopic (exact) mass is 1410 g/mol. The van der Waals surface area contributed by atoms with E-state index in [0.29, 0.717) is 58.0 Å². The molecule has 3 N–H and O–H groups in total. The van der Waals surface area contributed by atoms with Crippen LogP contribution in [0.25, 0.3) is 0 Å². The number of carbonyl (C=O) groups is 12. The topological polar surface area (TPSA) is 270 Å². The van der Waals surface area contributed by atoms with E-state index in [9.17, 15) is 51.5 Å². The Morgan fingerprint density at radius 3 is 1.78 bits per heavy atom. The van der Waals surface area contributed by atoms with Crippen LogP contribution in [0.5, 0.6) is 0 Å². The van der Waals surface area contributed by atoms with Crippen LogP contribution in [0.1, 0.15) is 189 Å². The van der Waals surface area contributed by atoms with E-state index in [-0.39, 0.29) is 88.5 Å².